The molecule has 0 saturated heterocycles. The van der Waals surface area contributed by atoms with Gasteiger partial charge in [-0.3, -0.25) is 0 Å². The maximum atomic E-state index is 4.31. The van der Waals surface area contributed by atoms with Crippen LogP contribution in [0.1, 0.15) is 65.1 Å². The molecule has 18 heavy (non-hydrogen) atoms. The molecule has 4 nitrogen and oxygen atoms in total. The van der Waals surface area contributed by atoms with E-state index in [1.807, 2.05) is 4.68 Å². The van der Waals surface area contributed by atoms with Crippen molar-refractivity contribution in [3.05, 3.63) is 12.2 Å². The quantitative estimate of drug-likeness (QED) is 0.651. The Kier molecular flexibility index (Phi) is 7.65. The summed E-state index contributed by atoms with van der Waals surface area (Å²) in [4.78, 5) is 4.31. The highest BCUT2D eigenvalue weighted by molar-refractivity contribution is 4.84. The molecule has 1 rings (SSSR count). The van der Waals surface area contributed by atoms with E-state index in [0.717, 1.165) is 25.3 Å². The van der Waals surface area contributed by atoms with Crippen molar-refractivity contribution in [2.24, 2.45) is 0 Å². The van der Waals surface area contributed by atoms with Crippen molar-refractivity contribution in [2.45, 2.75) is 78.4 Å². The van der Waals surface area contributed by atoms with E-state index < -0.39 is 0 Å². The fraction of sp³-hybridized carbons (Fsp3) is 0.857. The first-order chi connectivity index (χ1) is 8.77. The first-order valence-electron chi connectivity index (χ1n) is 7.38. The molecule has 1 aromatic heterocycles. The zero-order valence-electron chi connectivity index (χ0n) is 12.2. The van der Waals surface area contributed by atoms with Crippen LogP contribution in [-0.4, -0.2) is 20.8 Å². The highest BCUT2D eigenvalue weighted by Crippen LogP contribution is 2.06. The Balaban J connectivity index is 2.20. The second-order valence-electron chi connectivity index (χ2n) is 5.03. The van der Waals surface area contributed by atoms with Gasteiger partial charge in [-0.25, -0.2) is 9.67 Å². The third-order valence-corrected chi connectivity index (χ3v) is 3.23. The van der Waals surface area contributed by atoms with E-state index in [2.05, 4.69) is 36.2 Å². The lowest BCUT2D eigenvalue weighted by atomic mass is 10.1. The minimum Gasteiger partial charge on any atom is -0.307 e. The van der Waals surface area contributed by atoms with Crippen molar-refractivity contribution < 1.29 is 0 Å². The Morgan fingerprint density at radius 1 is 1.22 bits per heavy atom. The van der Waals surface area contributed by atoms with Gasteiger partial charge in [0, 0.05) is 12.6 Å². The van der Waals surface area contributed by atoms with Crippen molar-refractivity contribution in [2.75, 3.05) is 0 Å². The Morgan fingerprint density at radius 3 is 2.78 bits per heavy atom. The van der Waals surface area contributed by atoms with Gasteiger partial charge in [0.15, 0.2) is 0 Å². The summed E-state index contributed by atoms with van der Waals surface area (Å²) in [7, 11) is 0. The number of unbranched alkanes of at least 4 members (excludes halogenated alkanes) is 3. The van der Waals surface area contributed by atoms with Gasteiger partial charge >= 0.3 is 0 Å². The summed E-state index contributed by atoms with van der Waals surface area (Å²) >= 11 is 0. The first kappa shape index (κ1) is 15.2. The molecule has 0 radical (unpaired) electrons. The van der Waals surface area contributed by atoms with Gasteiger partial charge < -0.3 is 5.32 Å². The molecular weight excluding hydrogens is 224 g/mol. The monoisotopic (exact) mass is 252 g/mol. The van der Waals surface area contributed by atoms with Gasteiger partial charge in [-0.1, -0.05) is 39.5 Å². The highest BCUT2D eigenvalue weighted by Gasteiger charge is 2.06. The molecule has 0 aliphatic rings. The van der Waals surface area contributed by atoms with Gasteiger partial charge in [-0.05, 0) is 19.8 Å². The smallest absolute Gasteiger partial charge is 0.140 e. The number of nitrogens with one attached hydrogen (secondary N) is 1. The lowest BCUT2D eigenvalue weighted by Crippen LogP contribution is -2.27. The van der Waals surface area contributed by atoms with E-state index in [4.69, 9.17) is 0 Å². The number of hydrogen-bond donors (Lipinski definition) is 1. The normalized spacial score (nSPS) is 12.8. The van der Waals surface area contributed by atoms with Crippen LogP contribution in [0.5, 0.6) is 0 Å². The summed E-state index contributed by atoms with van der Waals surface area (Å²) in [6.45, 7) is 8.46. The van der Waals surface area contributed by atoms with Crippen molar-refractivity contribution in [1.82, 2.24) is 20.1 Å². The third kappa shape index (κ3) is 5.63. The molecule has 104 valence electrons. The van der Waals surface area contributed by atoms with Gasteiger partial charge in [0.2, 0.25) is 0 Å². The van der Waals surface area contributed by atoms with Crippen LogP contribution < -0.4 is 5.32 Å². The fourth-order valence-electron chi connectivity index (χ4n) is 2.07. The minimum absolute atomic E-state index is 0.564. The summed E-state index contributed by atoms with van der Waals surface area (Å²) in [6.07, 6.45) is 9.35. The van der Waals surface area contributed by atoms with Crippen LogP contribution in [0.2, 0.25) is 0 Å². The average molecular weight is 252 g/mol. The highest BCUT2D eigenvalue weighted by atomic mass is 15.3. The van der Waals surface area contributed by atoms with E-state index in [9.17, 15) is 0 Å². The number of aromatic nitrogens is 3. The fourth-order valence-corrected chi connectivity index (χ4v) is 2.07. The first-order valence-corrected chi connectivity index (χ1v) is 7.38. The summed E-state index contributed by atoms with van der Waals surface area (Å²) in [5, 5.41) is 7.77. The van der Waals surface area contributed by atoms with Crippen LogP contribution in [0.25, 0.3) is 0 Å². The molecule has 1 N–H and O–H groups in total. The van der Waals surface area contributed by atoms with E-state index >= 15 is 0 Å². The van der Waals surface area contributed by atoms with Crippen molar-refractivity contribution in [3.8, 4) is 0 Å². The summed E-state index contributed by atoms with van der Waals surface area (Å²) in [5.41, 5.74) is 0. The predicted molar refractivity (Wildman–Crippen MR) is 75.4 cm³/mol. The molecule has 4 heteroatoms. The second-order valence-corrected chi connectivity index (χ2v) is 5.03. The van der Waals surface area contributed by atoms with Crippen LogP contribution in [0, 0.1) is 0 Å². The molecule has 0 aliphatic heterocycles. The molecule has 0 saturated carbocycles. The van der Waals surface area contributed by atoms with Crippen LogP contribution >= 0.6 is 0 Å². The predicted octanol–water partition coefficient (Wildman–Crippen LogP) is 3.14. The van der Waals surface area contributed by atoms with E-state index in [0.29, 0.717) is 6.04 Å². The van der Waals surface area contributed by atoms with Gasteiger partial charge in [0.25, 0.3) is 0 Å². The lowest BCUT2D eigenvalue weighted by Gasteiger charge is -2.13. The molecule has 0 bridgehead atoms. The zero-order valence-corrected chi connectivity index (χ0v) is 12.2. The Bertz CT molecular complexity index is 308. The lowest BCUT2D eigenvalue weighted by molar-refractivity contribution is 0.460. The van der Waals surface area contributed by atoms with E-state index in [-0.39, 0.29) is 0 Å². The largest absolute Gasteiger partial charge is 0.307 e. The SMILES string of the molecule is CCCCCCC(C)NCc1ncnn1CCC. The van der Waals surface area contributed by atoms with Crippen LogP contribution in [0.3, 0.4) is 0 Å². The molecule has 1 heterocycles. The third-order valence-electron chi connectivity index (χ3n) is 3.23. The van der Waals surface area contributed by atoms with Crippen LogP contribution in [-0.2, 0) is 13.1 Å². The van der Waals surface area contributed by atoms with Crippen LogP contribution in [0.15, 0.2) is 6.33 Å². The zero-order chi connectivity index (χ0) is 13.2. The van der Waals surface area contributed by atoms with E-state index in [1.54, 1.807) is 6.33 Å². The molecule has 1 atom stereocenters. The summed E-state index contributed by atoms with van der Waals surface area (Å²) in [5.74, 6) is 1.05. The molecule has 0 fully saturated rings. The van der Waals surface area contributed by atoms with Crippen molar-refractivity contribution in [3.63, 3.8) is 0 Å². The number of aryl methyl sites for hydroxylation is 1. The second kappa shape index (κ2) is 9.09. The molecule has 1 aromatic rings. The maximum absolute atomic E-state index is 4.31. The summed E-state index contributed by atoms with van der Waals surface area (Å²) < 4.78 is 2.00. The Hall–Kier alpha value is -0.900. The molecule has 0 spiro atoms. The van der Waals surface area contributed by atoms with Gasteiger partial charge in [-0.2, -0.15) is 5.10 Å². The summed E-state index contributed by atoms with van der Waals surface area (Å²) in [6, 6.07) is 0.564. The molecule has 0 amide bonds. The molecular formula is C14H28N4. The molecule has 1 unspecified atom stereocenters. The maximum Gasteiger partial charge on any atom is 0.140 e. The molecule has 0 aromatic carbocycles. The number of nitrogens with zero attached hydrogens (tertiary/aromatic N) is 3. The Morgan fingerprint density at radius 2 is 2.06 bits per heavy atom. The Labute approximate surface area is 111 Å². The van der Waals surface area contributed by atoms with Gasteiger partial charge in [0.05, 0.1) is 6.54 Å². The van der Waals surface area contributed by atoms with Crippen LogP contribution in [0.4, 0.5) is 0 Å². The topological polar surface area (TPSA) is 42.7 Å². The standard InChI is InChI=1S/C14H28N4/c1-4-6-7-8-9-13(3)15-11-14-16-12-17-18(14)10-5-2/h12-13,15H,4-11H2,1-3H3. The van der Waals surface area contributed by atoms with Crippen molar-refractivity contribution in [1.29, 1.82) is 0 Å². The number of rotatable bonds is 10. The van der Waals surface area contributed by atoms with Crippen molar-refractivity contribution >= 4 is 0 Å². The number of hydrogen-bond acceptors (Lipinski definition) is 3. The average Bonchev–Trinajstić information content (AvgIpc) is 2.80. The van der Waals surface area contributed by atoms with Gasteiger partial charge in [-0.15, -0.1) is 0 Å². The van der Waals surface area contributed by atoms with E-state index in [1.165, 1.54) is 32.1 Å². The minimum atomic E-state index is 0.564. The van der Waals surface area contributed by atoms with Gasteiger partial charge in [0.1, 0.15) is 12.2 Å². The molecule has 0 aliphatic carbocycles.